The molecule has 0 amide bonds. The molecule has 1 aliphatic carbocycles. The third-order valence-corrected chi connectivity index (χ3v) is 16.4. The van der Waals surface area contributed by atoms with E-state index in [-0.39, 0.29) is 11.1 Å². The van der Waals surface area contributed by atoms with Gasteiger partial charge in [0.05, 0.1) is 26.4 Å². The Morgan fingerprint density at radius 3 is 0.758 bits per heavy atom. The molecule has 6 N–H and O–H groups in total. The minimum absolute atomic E-state index is 0.193. The van der Waals surface area contributed by atoms with E-state index in [0.29, 0.717) is 22.3 Å². The van der Waals surface area contributed by atoms with Crippen molar-refractivity contribution >= 4 is 15.2 Å². The first kappa shape index (κ1) is 45.4. The maximum absolute atomic E-state index is 16.5. The van der Waals surface area contributed by atoms with E-state index < -0.39 is 88.6 Å². The van der Waals surface area contributed by atoms with Gasteiger partial charge < -0.3 is 48.7 Å². The van der Waals surface area contributed by atoms with Crippen LogP contribution in [0.1, 0.15) is 33.4 Å². The summed E-state index contributed by atoms with van der Waals surface area (Å²) in [6, 6.07) is 49.0. The van der Waals surface area contributed by atoms with E-state index in [1.165, 1.54) is 24.3 Å². The number of hydrogen-bond acceptors (Lipinski definition) is 12. The Bertz CT molecular complexity index is 2170. The average Bonchev–Trinajstić information content (AvgIpc) is 3.31. The molecule has 0 bridgehead atoms. The topological polar surface area (TPSA) is 192 Å². The summed E-state index contributed by atoms with van der Waals surface area (Å²) in [4.78, 5) is 0. The van der Waals surface area contributed by atoms with Crippen LogP contribution < -0.4 is 0 Å². The van der Waals surface area contributed by atoms with E-state index in [1.807, 2.05) is 0 Å². The van der Waals surface area contributed by atoms with Gasteiger partial charge in [0.25, 0.3) is 0 Å². The standard InChI is InChI=1S/C48H50O12P2/c49-43-44(50)46(52,32-38-21-9-2-10-22-38)48(54,62(56,59-35-41-27-15-5-16-28-41)60-36-42-29-17-6-18-30-42)47(53,45(43,51)31-37-19-7-1-8-20-37)61(55,57-33-39-23-11-3-12-24-39)58-34-40-25-13-4-14-26-40/h1-30,43-44,49-54H,31-36H2/t43-,44+,45-,46-,47-,48-/m1/s1. The Kier molecular flexibility index (Phi) is 13.9. The molecule has 62 heavy (non-hydrogen) atoms. The van der Waals surface area contributed by atoms with Crippen molar-refractivity contribution in [1.29, 1.82) is 0 Å². The zero-order valence-electron chi connectivity index (χ0n) is 33.7. The van der Waals surface area contributed by atoms with Crippen LogP contribution in [0.2, 0.25) is 0 Å². The van der Waals surface area contributed by atoms with Crippen molar-refractivity contribution < 1.29 is 57.9 Å². The van der Waals surface area contributed by atoms with Crippen molar-refractivity contribution in [3.63, 3.8) is 0 Å². The Labute approximate surface area is 360 Å². The van der Waals surface area contributed by atoms with E-state index in [1.54, 1.807) is 158 Å². The Balaban J connectivity index is 1.55. The van der Waals surface area contributed by atoms with Crippen molar-refractivity contribution in [3.05, 3.63) is 215 Å². The van der Waals surface area contributed by atoms with Crippen LogP contribution in [0.3, 0.4) is 0 Å². The van der Waals surface area contributed by atoms with Crippen LogP contribution in [0.4, 0.5) is 0 Å². The summed E-state index contributed by atoms with van der Waals surface area (Å²) in [5.41, 5.74) is -4.92. The van der Waals surface area contributed by atoms with E-state index in [2.05, 4.69) is 0 Å². The fourth-order valence-electron chi connectivity index (χ4n) is 8.05. The lowest BCUT2D eigenvalue weighted by Crippen LogP contribution is -2.87. The zero-order valence-corrected chi connectivity index (χ0v) is 35.5. The predicted molar refractivity (Wildman–Crippen MR) is 232 cm³/mol. The van der Waals surface area contributed by atoms with E-state index >= 15 is 9.13 Å². The maximum atomic E-state index is 16.5. The third kappa shape index (κ3) is 8.55. The fourth-order valence-corrected chi connectivity index (χ4v) is 13.5. The van der Waals surface area contributed by atoms with Gasteiger partial charge in [0.15, 0.2) is 0 Å². The molecule has 1 aliphatic rings. The van der Waals surface area contributed by atoms with Crippen LogP contribution in [0.25, 0.3) is 0 Å². The third-order valence-electron chi connectivity index (χ3n) is 11.4. The number of hydrogen-bond donors (Lipinski definition) is 6. The molecule has 1 saturated carbocycles. The molecule has 0 aromatic heterocycles. The van der Waals surface area contributed by atoms with Crippen molar-refractivity contribution in [3.8, 4) is 0 Å². The lowest BCUT2D eigenvalue weighted by molar-refractivity contribution is -0.339. The van der Waals surface area contributed by atoms with E-state index in [9.17, 15) is 30.6 Å². The smallest absolute Gasteiger partial charge is 0.369 e. The maximum Gasteiger partial charge on any atom is 0.369 e. The molecule has 14 heteroatoms. The van der Waals surface area contributed by atoms with Gasteiger partial charge in [-0.15, -0.1) is 0 Å². The highest BCUT2D eigenvalue weighted by Gasteiger charge is 2.91. The molecule has 324 valence electrons. The molecular weight excluding hydrogens is 830 g/mol. The van der Waals surface area contributed by atoms with Crippen LogP contribution in [0.5, 0.6) is 0 Å². The van der Waals surface area contributed by atoms with E-state index in [4.69, 9.17) is 18.1 Å². The first-order valence-corrected chi connectivity index (χ1v) is 23.1. The highest BCUT2D eigenvalue weighted by molar-refractivity contribution is 7.60. The summed E-state index contributed by atoms with van der Waals surface area (Å²) in [5, 5.41) is 71.6. The Morgan fingerprint density at radius 1 is 0.355 bits per heavy atom. The molecule has 6 atom stereocenters. The summed E-state index contributed by atoms with van der Waals surface area (Å²) >= 11 is 0. The van der Waals surface area contributed by atoms with Gasteiger partial charge >= 0.3 is 15.2 Å². The van der Waals surface area contributed by atoms with Crippen molar-refractivity contribution in [2.75, 3.05) is 0 Å². The number of benzene rings is 6. The number of rotatable bonds is 18. The zero-order chi connectivity index (χ0) is 43.9. The van der Waals surface area contributed by atoms with Crippen LogP contribution in [-0.4, -0.2) is 64.7 Å². The highest BCUT2D eigenvalue weighted by atomic mass is 31.2. The minimum atomic E-state index is -5.86. The molecule has 6 aromatic carbocycles. The number of aliphatic hydroxyl groups is 6. The summed E-state index contributed by atoms with van der Waals surface area (Å²) in [6.45, 7) is -2.38. The fraction of sp³-hybridized carbons (Fsp3) is 0.250. The van der Waals surface area contributed by atoms with Gasteiger partial charge in [-0.25, -0.2) is 0 Å². The largest absolute Gasteiger partial charge is 0.387 e. The molecule has 0 saturated heterocycles. The van der Waals surface area contributed by atoms with Crippen LogP contribution in [0.15, 0.2) is 182 Å². The molecule has 7 rings (SSSR count). The van der Waals surface area contributed by atoms with Gasteiger partial charge in [0.1, 0.15) is 23.4 Å². The van der Waals surface area contributed by atoms with Crippen LogP contribution in [0, 0.1) is 0 Å². The molecule has 0 unspecified atom stereocenters. The molecule has 0 radical (unpaired) electrons. The predicted octanol–water partition coefficient (Wildman–Crippen LogP) is 7.30. The average molecular weight is 881 g/mol. The second-order valence-corrected chi connectivity index (χ2v) is 19.8. The molecule has 0 heterocycles. The monoisotopic (exact) mass is 880 g/mol. The van der Waals surface area contributed by atoms with Gasteiger partial charge in [0.2, 0.25) is 10.7 Å². The summed E-state index contributed by atoms with van der Waals surface area (Å²) in [6.07, 6.45) is -7.08. The van der Waals surface area contributed by atoms with Crippen molar-refractivity contribution in [1.82, 2.24) is 0 Å². The molecule has 1 fully saturated rings. The first-order chi connectivity index (χ1) is 29.8. The Hall–Kier alpha value is -4.62. The van der Waals surface area contributed by atoms with Crippen molar-refractivity contribution in [2.24, 2.45) is 0 Å². The quantitative estimate of drug-likeness (QED) is 0.0473. The van der Waals surface area contributed by atoms with Gasteiger partial charge in [0, 0.05) is 12.8 Å². The van der Waals surface area contributed by atoms with E-state index in [0.717, 1.165) is 0 Å². The van der Waals surface area contributed by atoms with Crippen molar-refractivity contribution in [2.45, 2.75) is 73.4 Å². The summed E-state index contributed by atoms with van der Waals surface area (Å²) in [7, 11) is -11.7. The van der Waals surface area contributed by atoms with Gasteiger partial charge in [-0.3, -0.25) is 9.13 Å². The molecule has 6 aromatic rings. The first-order valence-electron chi connectivity index (χ1n) is 20.1. The van der Waals surface area contributed by atoms with Gasteiger partial charge in [-0.1, -0.05) is 182 Å². The summed E-state index contributed by atoms with van der Waals surface area (Å²) in [5.74, 6) is 0. The lowest BCUT2D eigenvalue weighted by Gasteiger charge is -2.65. The van der Waals surface area contributed by atoms with Gasteiger partial charge in [-0.05, 0) is 33.4 Å². The number of aliphatic hydroxyl groups excluding tert-OH is 2. The normalized spacial score (nSPS) is 25.3. The Morgan fingerprint density at radius 2 is 0.548 bits per heavy atom. The van der Waals surface area contributed by atoms with Crippen LogP contribution >= 0.6 is 15.2 Å². The molecule has 0 spiro atoms. The molecule has 0 aliphatic heterocycles. The second-order valence-electron chi connectivity index (χ2n) is 15.4. The van der Waals surface area contributed by atoms with Crippen LogP contribution in [-0.2, 0) is 66.5 Å². The summed E-state index contributed by atoms with van der Waals surface area (Å²) < 4.78 is 57.7. The minimum Gasteiger partial charge on any atom is -0.387 e. The lowest BCUT2D eigenvalue weighted by atomic mass is 9.63. The molecule has 12 nitrogen and oxygen atoms in total. The van der Waals surface area contributed by atoms with Gasteiger partial charge in [-0.2, -0.15) is 0 Å². The highest BCUT2D eigenvalue weighted by Crippen LogP contribution is 2.81. The molecular formula is C48H50O12P2. The second kappa shape index (κ2) is 19.0. The SMILES string of the molecule is O=P(OCc1ccccc1)(OCc1ccccc1)[C@@]1(O)[C@](O)(P(=O)(OCc2ccccc2)OCc2ccccc2)[C@@](O)(Cc2ccccc2)[C@@H](O)[C@@H](O)[C@]1(O)Cc1ccccc1.